The van der Waals surface area contributed by atoms with E-state index >= 15 is 0 Å². The van der Waals surface area contributed by atoms with Gasteiger partial charge in [0.05, 0.1) is 0 Å². The average molecular weight is 143 g/mol. The van der Waals surface area contributed by atoms with Crippen LogP contribution in [0.2, 0.25) is 0 Å². The van der Waals surface area contributed by atoms with Gasteiger partial charge >= 0.3 is 0 Å². The van der Waals surface area contributed by atoms with Crippen molar-refractivity contribution >= 4 is 16.8 Å². The van der Waals surface area contributed by atoms with E-state index in [1.54, 1.807) is 6.92 Å². The summed E-state index contributed by atoms with van der Waals surface area (Å²) in [6, 6.07) is 0. The molecule has 0 aliphatic carbocycles. The summed E-state index contributed by atoms with van der Waals surface area (Å²) < 4.78 is 0. The molecular formula is C6H9NOS. The summed E-state index contributed by atoms with van der Waals surface area (Å²) in [5, 5.41) is 11.8. The van der Waals surface area contributed by atoms with E-state index < -0.39 is 0 Å². The van der Waals surface area contributed by atoms with Crippen LogP contribution in [0.1, 0.15) is 13.3 Å². The first-order chi connectivity index (χ1) is 4.31. The molecule has 0 aliphatic rings. The highest BCUT2D eigenvalue weighted by atomic mass is 32.2. The molecule has 0 atom stereocenters. The maximum Gasteiger partial charge on any atom is 0.109 e. The monoisotopic (exact) mass is 143 g/mol. The lowest BCUT2D eigenvalue weighted by Gasteiger charge is -1.91. The lowest BCUT2D eigenvalue weighted by Crippen LogP contribution is -1.85. The Bertz CT molecular complexity index is 136. The largest absolute Gasteiger partial charge is 0.410 e. The molecule has 3 heteroatoms. The predicted octanol–water partition coefficient (Wildman–Crippen LogP) is 1.55. The first kappa shape index (κ1) is 8.38. The zero-order chi connectivity index (χ0) is 7.11. The normalized spacial score (nSPS) is 10.9. The Balaban J connectivity index is 3.20. The first-order valence-corrected chi connectivity index (χ1v) is 3.54. The van der Waals surface area contributed by atoms with Gasteiger partial charge in [-0.05, 0) is 6.92 Å². The second-order valence-electron chi connectivity index (χ2n) is 1.42. The molecule has 1 N–H and O–H groups in total. The van der Waals surface area contributed by atoms with E-state index in [9.17, 15) is 0 Å². The van der Waals surface area contributed by atoms with E-state index in [1.165, 1.54) is 11.8 Å². The molecule has 0 spiro atoms. The van der Waals surface area contributed by atoms with Gasteiger partial charge in [0.1, 0.15) is 5.04 Å². The van der Waals surface area contributed by atoms with Gasteiger partial charge in [-0.1, -0.05) is 5.16 Å². The van der Waals surface area contributed by atoms with Crippen LogP contribution >= 0.6 is 11.8 Å². The lowest BCUT2D eigenvalue weighted by atomic mass is 10.5. The van der Waals surface area contributed by atoms with Crippen molar-refractivity contribution in [2.45, 2.75) is 13.3 Å². The number of hydrogen-bond acceptors (Lipinski definition) is 3. The Morgan fingerprint density at radius 1 is 1.89 bits per heavy atom. The summed E-state index contributed by atoms with van der Waals surface area (Å²) in [6.45, 7) is 1.74. The van der Waals surface area contributed by atoms with Crippen LogP contribution in [-0.2, 0) is 0 Å². The van der Waals surface area contributed by atoms with Crippen molar-refractivity contribution in [3.8, 4) is 12.3 Å². The highest BCUT2D eigenvalue weighted by Gasteiger charge is 1.89. The first-order valence-electron chi connectivity index (χ1n) is 2.56. The quantitative estimate of drug-likeness (QED) is 0.159. The molecule has 0 rings (SSSR count). The molecule has 0 aromatic heterocycles. The van der Waals surface area contributed by atoms with Crippen molar-refractivity contribution < 1.29 is 5.21 Å². The third kappa shape index (κ3) is 5.25. The minimum Gasteiger partial charge on any atom is -0.410 e. The van der Waals surface area contributed by atoms with Crippen molar-refractivity contribution in [2.75, 3.05) is 5.75 Å². The summed E-state index contributed by atoms with van der Waals surface area (Å²) in [6.07, 6.45) is 5.71. The smallest absolute Gasteiger partial charge is 0.109 e. The summed E-state index contributed by atoms with van der Waals surface area (Å²) in [5.74, 6) is 3.32. The maximum atomic E-state index is 8.15. The van der Waals surface area contributed by atoms with Gasteiger partial charge in [0.15, 0.2) is 0 Å². The van der Waals surface area contributed by atoms with E-state index in [2.05, 4.69) is 11.1 Å². The Kier molecular flexibility index (Phi) is 5.14. The van der Waals surface area contributed by atoms with Crippen LogP contribution in [0.25, 0.3) is 0 Å². The fraction of sp³-hybridized carbons (Fsp3) is 0.500. The molecule has 0 saturated heterocycles. The summed E-state index contributed by atoms with van der Waals surface area (Å²) >= 11 is 1.46. The molecular weight excluding hydrogens is 134 g/mol. The summed E-state index contributed by atoms with van der Waals surface area (Å²) in [7, 11) is 0. The van der Waals surface area contributed by atoms with Crippen LogP contribution < -0.4 is 0 Å². The summed E-state index contributed by atoms with van der Waals surface area (Å²) in [5.41, 5.74) is 0. The molecule has 0 fully saturated rings. The predicted molar refractivity (Wildman–Crippen MR) is 40.8 cm³/mol. The van der Waals surface area contributed by atoms with Crippen molar-refractivity contribution in [3.05, 3.63) is 0 Å². The van der Waals surface area contributed by atoms with Crippen LogP contribution in [0.4, 0.5) is 0 Å². The van der Waals surface area contributed by atoms with E-state index in [0.29, 0.717) is 5.04 Å². The molecule has 0 radical (unpaired) electrons. The number of thioether (sulfide) groups is 1. The number of terminal acetylenes is 1. The van der Waals surface area contributed by atoms with E-state index in [0.717, 1.165) is 12.2 Å². The molecule has 0 bridgehead atoms. The van der Waals surface area contributed by atoms with E-state index in [1.807, 2.05) is 0 Å². The van der Waals surface area contributed by atoms with Gasteiger partial charge < -0.3 is 5.21 Å². The fourth-order valence-corrected chi connectivity index (χ4v) is 0.860. The van der Waals surface area contributed by atoms with Gasteiger partial charge in [0.25, 0.3) is 0 Å². The van der Waals surface area contributed by atoms with Crippen molar-refractivity contribution in [2.24, 2.45) is 5.16 Å². The van der Waals surface area contributed by atoms with Crippen molar-refractivity contribution in [3.63, 3.8) is 0 Å². The minimum absolute atomic E-state index is 0.658. The molecule has 0 unspecified atom stereocenters. The average Bonchev–Trinajstić information content (AvgIpc) is 1.89. The van der Waals surface area contributed by atoms with Gasteiger partial charge in [-0.15, -0.1) is 24.1 Å². The van der Waals surface area contributed by atoms with Crippen LogP contribution in [0.3, 0.4) is 0 Å². The molecule has 0 heterocycles. The second-order valence-corrected chi connectivity index (χ2v) is 2.71. The number of hydrogen-bond donors (Lipinski definition) is 1. The van der Waals surface area contributed by atoms with Gasteiger partial charge in [0.2, 0.25) is 0 Å². The third-order valence-electron chi connectivity index (χ3n) is 0.698. The zero-order valence-corrected chi connectivity index (χ0v) is 6.11. The molecule has 9 heavy (non-hydrogen) atoms. The molecule has 0 aromatic rings. The maximum absolute atomic E-state index is 8.15. The van der Waals surface area contributed by atoms with Gasteiger partial charge in [-0.2, -0.15) is 0 Å². The Hall–Kier alpha value is -0.620. The van der Waals surface area contributed by atoms with E-state index in [-0.39, 0.29) is 0 Å². The van der Waals surface area contributed by atoms with Gasteiger partial charge in [-0.25, -0.2) is 0 Å². The van der Waals surface area contributed by atoms with Gasteiger partial charge in [-0.3, -0.25) is 0 Å². The van der Waals surface area contributed by atoms with E-state index in [4.69, 9.17) is 11.6 Å². The van der Waals surface area contributed by atoms with Crippen LogP contribution in [0.15, 0.2) is 5.16 Å². The highest BCUT2D eigenvalue weighted by molar-refractivity contribution is 8.13. The Labute approximate surface area is 59.3 Å². The second kappa shape index (κ2) is 5.52. The van der Waals surface area contributed by atoms with Crippen molar-refractivity contribution in [1.82, 2.24) is 0 Å². The van der Waals surface area contributed by atoms with Crippen molar-refractivity contribution in [1.29, 1.82) is 0 Å². The van der Waals surface area contributed by atoms with Gasteiger partial charge in [0, 0.05) is 12.2 Å². The number of oxime groups is 1. The lowest BCUT2D eigenvalue weighted by molar-refractivity contribution is 0.320. The topological polar surface area (TPSA) is 32.6 Å². The summed E-state index contributed by atoms with van der Waals surface area (Å²) in [4.78, 5) is 0. The Morgan fingerprint density at radius 3 is 3.00 bits per heavy atom. The van der Waals surface area contributed by atoms with Crippen LogP contribution in [0.5, 0.6) is 0 Å². The molecule has 0 amide bonds. The van der Waals surface area contributed by atoms with Crippen LogP contribution in [0, 0.1) is 12.3 Å². The molecule has 0 aromatic carbocycles. The molecule has 0 aliphatic heterocycles. The van der Waals surface area contributed by atoms with Crippen LogP contribution in [-0.4, -0.2) is 16.0 Å². The molecule has 2 nitrogen and oxygen atoms in total. The molecule has 50 valence electrons. The minimum atomic E-state index is 0.658. The third-order valence-corrected chi connectivity index (χ3v) is 1.61. The number of rotatable bonds is 2. The highest BCUT2D eigenvalue weighted by Crippen LogP contribution is 2.03. The standard InChI is InChI=1S/C6H9NOS/c1-3-4-5-9-6(2)7-8/h1,8H,4-5H2,2H3/b7-6-. The molecule has 0 saturated carbocycles. The zero-order valence-electron chi connectivity index (χ0n) is 5.29. The Morgan fingerprint density at radius 2 is 2.56 bits per heavy atom. The fourth-order valence-electron chi connectivity index (χ4n) is 0.287. The number of nitrogens with zero attached hydrogens (tertiary/aromatic N) is 1. The SMILES string of the molecule is C#CCCS/C(C)=N\O.